The monoisotopic (exact) mass is 224 g/mol. The van der Waals surface area contributed by atoms with Crippen LogP contribution in [-0.4, -0.2) is 11.6 Å². The Morgan fingerprint density at radius 1 is 1.38 bits per heavy atom. The van der Waals surface area contributed by atoms with Crippen LogP contribution in [0.5, 0.6) is 0 Å². The van der Waals surface area contributed by atoms with E-state index in [2.05, 4.69) is 10.4 Å². The summed E-state index contributed by atoms with van der Waals surface area (Å²) in [6.07, 6.45) is 0. The molecule has 0 aliphatic rings. The molecule has 0 radical (unpaired) electrons. The fraction of sp³-hybridized carbons (Fsp3) is 0.222. The van der Waals surface area contributed by atoms with Gasteiger partial charge in [0, 0.05) is 4.85 Å². The first-order valence-electron chi connectivity index (χ1n) is 4.70. The number of fused-ring (bicyclic) bond motifs is 1. The summed E-state index contributed by atoms with van der Waals surface area (Å²) < 4.78 is 13.4. The molecule has 1 N–H and O–H groups in total. The summed E-state index contributed by atoms with van der Waals surface area (Å²) in [5, 5.41) is 29.2. The molecule has 0 atom stereocenters. The highest BCUT2D eigenvalue weighted by Gasteiger charge is 2.19. The molecule has 0 spiro atoms. The van der Waals surface area contributed by atoms with Crippen molar-refractivity contribution in [3.8, 4) is 0 Å². The Hall–Kier alpha value is -2.18. The Labute approximate surface area is 90.1 Å². The van der Waals surface area contributed by atoms with Gasteiger partial charge in [0.25, 0.3) is 0 Å². The minimum absolute atomic E-state index is 0.0716. The molecule has 1 aromatic carbocycles. The van der Waals surface area contributed by atoms with E-state index in [4.69, 9.17) is 0 Å². The van der Waals surface area contributed by atoms with Gasteiger partial charge in [0.05, 0.1) is 12.6 Å². The van der Waals surface area contributed by atoms with Gasteiger partial charge in [-0.1, -0.05) is 0 Å². The molecule has 1 heterocycles. The maximum Gasteiger partial charge on any atom is 0.460 e. The third-order valence-electron chi connectivity index (χ3n) is 2.08. The minimum Gasteiger partial charge on any atom is -0.739 e. The van der Waals surface area contributed by atoms with Crippen molar-refractivity contribution < 1.29 is 14.0 Å². The molecule has 84 valence electrons. The van der Waals surface area contributed by atoms with Gasteiger partial charge in [-0.25, -0.2) is 9.12 Å². The van der Waals surface area contributed by atoms with Crippen LogP contribution in [0, 0.1) is 16.2 Å². The lowest BCUT2D eigenvalue weighted by atomic mass is 10.3. The van der Waals surface area contributed by atoms with Crippen molar-refractivity contribution in [2.24, 2.45) is 0 Å². The second-order valence-electron chi connectivity index (χ2n) is 3.15. The van der Waals surface area contributed by atoms with Gasteiger partial charge in [0.2, 0.25) is 5.10 Å². The number of anilines is 1. The lowest BCUT2D eigenvalue weighted by molar-refractivity contribution is -0.672. The summed E-state index contributed by atoms with van der Waals surface area (Å²) in [7, 11) is 0. The maximum absolute atomic E-state index is 12.9. The first-order chi connectivity index (χ1) is 7.63. The molecule has 0 bridgehead atoms. The molecule has 6 nitrogen and oxygen atoms in total. The fourth-order valence-corrected chi connectivity index (χ4v) is 1.38. The van der Waals surface area contributed by atoms with Crippen LogP contribution in [0.4, 0.5) is 10.3 Å². The summed E-state index contributed by atoms with van der Waals surface area (Å²) in [4.78, 5) is 0.227. The van der Waals surface area contributed by atoms with Gasteiger partial charge in [-0.05, 0) is 19.1 Å². The van der Waals surface area contributed by atoms with E-state index in [1.165, 1.54) is 6.07 Å². The van der Waals surface area contributed by atoms with E-state index in [1.54, 1.807) is 6.92 Å². The highest BCUT2D eigenvalue weighted by molar-refractivity contribution is 5.67. The Kier molecular flexibility index (Phi) is 2.43. The van der Waals surface area contributed by atoms with Crippen LogP contribution in [0.15, 0.2) is 18.2 Å². The molecular formula is C9H9FN4O2. The molecule has 0 fully saturated rings. The molecule has 16 heavy (non-hydrogen) atoms. The van der Waals surface area contributed by atoms with Crippen LogP contribution < -0.4 is 14.9 Å². The molecular weight excluding hydrogens is 215 g/mol. The van der Waals surface area contributed by atoms with Crippen LogP contribution in [0.3, 0.4) is 0 Å². The predicted molar refractivity (Wildman–Crippen MR) is 53.8 cm³/mol. The Morgan fingerprint density at radius 3 is 2.81 bits per heavy atom. The number of hydrogen-bond donors (Lipinski definition) is 1. The van der Waals surface area contributed by atoms with E-state index in [0.717, 1.165) is 12.1 Å². The van der Waals surface area contributed by atoms with Crippen molar-refractivity contribution >= 4 is 17.0 Å². The van der Waals surface area contributed by atoms with Crippen LogP contribution >= 0.6 is 0 Å². The maximum atomic E-state index is 12.9. The molecule has 1 aromatic heterocycles. The van der Waals surface area contributed by atoms with Gasteiger partial charge >= 0.3 is 11.5 Å². The van der Waals surface area contributed by atoms with Crippen LogP contribution in [0.1, 0.15) is 6.92 Å². The third-order valence-corrected chi connectivity index (χ3v) is 2.08. The Bertz CT molecular complexity index is 547. The number of halogens is 1. The highest BCUT2D eigenvalue weighted by atomic mass is 19.1. The zero-order valence-corrected chi connectivity index (χ0v) is 8.48. The molecule has 0 amide bonds. The average molecular weight is 224 g/mol. The molecule has 0 aliphatic heterocycles. The van der Waals surface area contributed by atoms with Gasteiger partial charge in [-0.2, -0.15) is 0 Å². The summed E-state index contributed by atoms with van der Waals surface area (Å²) in [6, 6.07) is 3.33. The van der Waals surface area contributed by atoms with E-state index in [1.807, 2.05) is 0 Å². The van der Waals surface area contributed by atoms with E-state index in [-0.39, 0.29) is 21.8 Å². The van der Waals surface area contributed by atoms with Gasteiger partial charge in [-0.15, -0.1) is 0 Å². The van der Waals surface area contributed by atoms with Crippen LogP contribution in [-0.2, 0) is 0 Å². The van der Waals surface area contributed by atoms with Crippen molar-refractivity contribution in [1.29, 1.82) is 0 Å². The quantitative estimate of drug-likeness (QED) is 0.578. The second-order valence-corrected chi connectivity index (χ2v) is 3.15. The predicted octanol–water partition coefficient (Wildman–Crippen LogP) is 0.0725. The molecule has 7 heteroatoms. The molecule has 0 unspecified atom stereocenters. The Balaban J connectivity index is 2.74. The van der Waals surface area contributed by atoms with Gasteiger partial charge < -0.3 is 10.4 Å². The molecule has 0 saturated carbocycles. The number of rotatable bonds is 2. The summed E-state index contributed by atoms with van der Waals surface area (Å²) in [5.74, 6) is -0.688. The average Bonchev–Trinajstić information content (AvgIpc) is 2.26. The second kappa shape index (κ2) is 3.76. The highest BCUT2D eigenvalue weighted by Crippen LogP contribution is 2.08. The number of hydrogen-bond acceptors (Lipinski definition) is 4. The molecule has 0 saturated heterocycles. The zero-order chi connectivity index (χ0) is 11.7. The Morgan fingerprint density at radius 2 is 2.12 bits per heavy atom. The smallest absolute Gasteiger partial charge is 0.460 e. The lowest BCUT2D eigenvalue weighted by Gasteiger charge is -2.08. The van der Waals surface area contributed by atoms with Crippen molar-refractivity contribution in [3.05, 3.63) is 34.4 Å². The van der Waals surface area contributed by atoms with Crippen molar-refractivity contribution in [2.75, 3.05) is 11.9 Å². The summed E-state index contributed by atoms with van der Waals surface area (Å²) in [6.45, 7) is 2.23. The first kappa shape index (κ1) is 10.3. The van der Waals surface area contributed by atoms with Crippen LogP contribution in [0.25, 0.3) is 11.0 Å². The topological polar surface area (TPSA) is 78.8 Å². The number of aromatic nitrogens is 3. The third kappa shape index (κ3) is 1.56. The zero-order valence-electron chi connectivity index (χ0n) is 8.48. The van der Waals surface area contributed by atoms with Crippen molar-refractivity contribution in [1.82, 2.24) is 5.10 Å². The minimum atomic E-state index is -0.588. The van der Waals surface area contributed by atoms with Crippen LogP contribution in [0.2, 0.25) is 0 Å². The number of nitrogens with one attached hydrogen (secondary N) is 1. The largest absolute Gasteiger partial charge is 0.739 e. The number of nitrogens with zero attached hydrogens (tertiary/aromatic N) is 3. The normalized spacial score (nSPS) is 10.6. The van der Waals surface area contributed by atoms with Crippen molar-refractivity contribution in [2.45, 2.75) is 6.92 Å². The summed E-state index contributed by atoms with van der Waals surface area (Å²) in [5.41, 5.74) is -0.0287. The summed E-state index contributed by atoms with van der Waals surface area (Å²) >= 11 is 0. The lowest BCUT2D eigenvalue weighted by Crippen LogP contribution is -2.44. The molecule has 2 aromatic rings. The first-order valence-corrected chi connectivity index (χ1v) is 4.70. The van der Waals surface area contributed by atoms with E-state index < -0.39 is 5.82 Å². The molecule has 0 aliphatic carbocycles. The van der Waals surface area contributed by atoms with E-state index in [9.17, 15) is 14.8 Å². The number of benzene rings is 1. The van der Waals surface area contributed by atoms with Gasteiger partial charge in [0.1, 0.15) is 5.82 Å². The standard InChI is InChI=1S/C9H9FN4O2/c1-2-11-9-12-14(16)8-5-6(10)3-4-7(8)13(9)15/h3-5H,2H2,1H3,(H,11,12). The van der Waals surface area contributed by atoms with Gasteiger partial charge in [-0.3, -0.25) is 5.32 Å². The van der Waals surface area contributed by atoms with E-state index in [0.29, 0.717) is 11.3 Å². The SMILES string of the molecule is CCNc1n[n+]([O-])c2cc(F)ccc2[n+]1[O-]. The van der Waals surface area contributed by atoms with Gasteiger partial charge in [0.15, 0.2) is 5.52 Å². The fourth-order valence-electron chi connectivity index (χ4n) is 1.38. The van der Waals surface area contributed by atoms with Crippen molar-refractivity contribution in [3.63, 3.8) is 0 Å². The molecule has 2 rings (SSSR count). The van der Waals surface area contributed by atoms with E-state index >= 15 is 0 Å².